The Labute approximate surface area is 137 Å². The molecule has 126 valence electrons. The zero-order valence-corrected chi connectivity index (χ0v) is 13.6. The van der Waals surface area contributed by atoms with E-state index in [4.69, 9.17) is 9.47 Å². The average Bonchev–Trinajstić information content (AvgIpc) is 2.57. The Balaban J connectivity index is 2.61. The molecule has 0 spiro atoms. The first-order valence-corrected chi connectivity index (χ1v) is 7.92. The molecule has 5 heteroatoms. The van der Waals surface area contributed by atoms with Crippen molar-refractivity contribution in [1.82, 2.24) is 5.32 Å². The van der Waals surface area contributed by atoms with E-state index in [-0.39, 0.29) is 6.61 Å². The largest absolute Gasteiger partial charge is 0.464 e. The van der Waals surface area contributed by atoms with Crippen molar-refractivity contribution >= 4 is 12.1 Å². The molecule has 1 aromatic rings. The lowest BCUT2D eigenvalue weighted by atomic mass is 10.1. The third-order valence-corrected chi connectivity index (χ3v) is 3.18. The first-order valence-electron chi connectivity index (χ1n) is 7.92. The van der Waals surface area contributed by atoms with Gasteiger partial charge < -0.3 is 14.8 Å². The number of benzene rings is 1. The SMILES string of the molecule is C=CCOC(=O)NC(Cc1ccccc1)C(=O)OCCCCC. The molecule has 5 nitrogen and oxygen atoms in total. The van der Waals surface area contributed by atoms with E-state index in [0.29, 0.717) is 13.0 Å². The minimum atomic E-state index is -0.767. The van der Waals surface area contributed by atoms with Gasteiger partial charge in [-0.1, -0.05) is 62.8 Å². The van der Waals surface area contributed by atoms with Crippen LogP contribution >= 0.6 is 0 Å². The number of hydrogen-bond donors (Lipinski definition) is 1. The summed E-state index contributed by atoms with van der Waals surface area (Å²) >= 11 is 0. The summed E-state index contributed by atoms with van der Waals surface area (Å²) in [6, 6.07) is 8.69. The van der Waals surface area contributed by atoms with Crippen molar-refractivity contribution in [1.29, 1.82) is 0 Å². The van der Waals surface area contributed by atoms with Crippen molar-refractivity contribution in [3.05, 3.63) is 48.6 Å². The molecule has 0 saturated heterocycles. The number of nitrogens with one attached hydrogen (secondary N) is 1. The first kappa shape index (κ1) is 18.7. The normalized spacial score (nSPS) is 11.3. The van der Waals surface area contributed by atoms with E-state index >= 15 is 0 Å². The van der Waals surface area contributed by atoms with Gasteiger partial charge in [0.25, 0.3) is 0 Å². The second-order valence-electron chi connectivity index (χ2n) is 5.15. The van der Waals surface area contributed by atoms with Crippen LogP contribution in [-0.4, -0.2) is 31.3 Å². The van der Waals surface area contributed by atoms with Crippen LogP contribution in [0.15, 0.2) is 43.0 Å². The van der Waals surface area contributed by atoms with Gasteiger partial charge in [0.05, 0.1) is 6.61 Å². The molecule has 0 aliphatic rings. The van der Waals surface area contributed by atoms with Crippen molar-refractivity contribution in [3.63, 3.8) is 0 Å². The lowest BCUT2D eigenvalue weighted by Gasteiger charge is -2.17. The van der Waals surface area contributed by atoms with Gasteiger partial charge in [0.15, 0.2) is 0 Å². The summed E-state index contributed by atoms with van der Waals surface area (Å²) in [6.07, 6.45) is 4.05. The van der Waals surface area contributed by atoms with Crippen LogP contribution in [0.2, 0.25) is 0 Å². The molecule has 23 heavy (non-hydrogen) atoms. The highest BCUT2D eigenvalue weighted by Crippen LogP contribution is 2.06. The van der Waals surface area contributed by atoms with Gasteiger partial charge in [-0.2, -0.15) is 0 Å². The fourth-order valence-electron chi connectivity index (χ4n) is 1.99. The molecule has 1 rings (SSSR count). The quantitative estimate of drug-likeness (QED) is 0.408. The van der Waals surface area contributed by atoms with Gasteiger partial charge in [0, 0.05) is 6.42 Å². The van der Waals surface area contributed by atoms with Crippen LogP contribution in [0.1, 0.15) is 31.7 Å². The number of unbranched alkanes of at least 4 members (excludes halogenated alkanes) is 2. The molecule has 0 bridgehead atoms. The van der Waals surface area contributed by atoms with E-state index in [0.717, 1.165) is 24.8 Å². The van der Waals surface area contributed by atoms with Crippen LogP contribution < -0.4 is 5.32 Å². The van der Waals surface area contributed by atoms with Gasteiger partial charge in [-0.05, 0) is 12.0 Å². The Morgan fingerprint density at radius 1 is 1.22 bits per heavy atom. The summed E-state index contributed by atoms with van der Waals surface area (Å²) in [5.74, 6) is -0.444. The Morgan fingerprint density at radius 2 is 1.96 bits per heavy atom. The third-order valence-electron chi connectivity index (χ3n) is 3.18. The van der Waals surface area contributed by atoms with Crippen LogP contribution in [0.5, 0.6) is 0 Å². The van der Waals surface area contributed by atoms with Crippen molar-refractivity contribution in [2.75, 3.05) is 13.2 Å². The molecule has 0 aliphatic heterocycles. The minimum Gasteiger partial charge on any atom is -0.464 e. The van der Waals surface area contributed by atoms with Gasteiger partial charge in [0.2, 0.25) is 0 Å². The Bertz CT molecular complexity index is 487. The molecule has 0 heterocycles. The van der Waals surface area contributed by atoms with Crippen molar-refractivity contribution in [3.8, 4) is 0 Å². The van der Waals surface area contributed by atoms with Gasteiger partial charge >= 0.3 is 12.1 Å². The lowest BCUT2D eigenvalue weighted by molar-refractivity contribution is -0.146. The second-order valence-corrected chi connectivity index (χ2v) is 5.15. The van der Waals surface area contributed by atoms with Crippen LogP contribution in [0, 0.1) is 0 Å². The van der Waals surface area contributed by atoms with Crippen LogP contribution in [-0.2, 0) is 20.7 Å². The van der Waals surface area contributed by atoms with Crippen LogP contribution in [0.3, 0.4) is 0 Å². The zero-order valence-electron chi connectivity index (χ0n) is 13.6. The fourth-order valence-corrected chi connectivity index (χ4v) is 1.99. The summed E-state index contributed by atoms with van der Waals surface area (Å²) in [5.41, 5.74) is 0.937. The number of amides is 1. The number of esters is 1. The number of carbonyl (C=O) groups is 2. The van der Waals surface area contributed by atoms with E-state index in [9.17, 15) is 9.59 Å². The van der Waals surface area contributed by atoms with Gasteiger partial charge in [-0.15, -0.1) is 0 Å². The monoisotopic (exact) mass is 319 g/mol. The summed E-state index contributed by atoms with van der Waals surface area (Å²) in [6.45, 7) is 6.01. The molecular formula is C18H25NO4. The van der Waals surface area contributed by atoms with E-state index in [2.05, 4.69) is 18.8 Å². The Morgan fingerprint density at radius 3 is 2.61 bits per heavy atom. The average molecular weight is 319 g/mol. The smallest absolute Gasteiger partial charge is 0.408 e. The van der Waals surface area contributed by atoms with Crippen molar-refractivity contribution < 1.29 is 19.1 Å². The minimum absolute atomic E-state index is 0.0927. The maximum Gasteiger partial charge on any atom is 0.408 e. The molecule has 0 aromatic heterocycles. The highest BCUT2D eigenvalue weighted by Gasteiger charge is 2.23. The van der Waals surface area contributed by atoms with Crippen LogP contribution in [0.25, 0.3) is 0 Å². The lowest BCUT2D eigenvalue weighted by Crippen LogP contribution is -2.43. The molecule has 0 radical (unpaired) electrons. The number of rotatable bonds is 10. The topological polar surface area (TPSA) is 64.6 Å². The number of ether oxygens (including phenoxy) is 2. The fraction of sp³-hybridized carbons (Fsp3) is 0.444. The van der Waals surface area contributed by atoms with Gasteiger partial charge in [0.1, 0.15) is 12.6 Å². The summed E-state index contributed by atoms with van der Waals surface area (Å²) < 4.78 is 10.1. The molecule has 0 saturated carbocycles. The van der Waals surface area contributed by atoms with E-state index < -0.39 is 18.1 Å². The molecule has 0 fully saturated rings. The zero-order chi connectivity index (χ0) is 16.9. The van der Waals surface area contributed by atoms with E-state index in [1.54, 1.807) is 0 Å². The summed E-state index contributed by atoms with van der Waals surface area (Å²) in [5, 5.41) is 2.56. The molecule has 1 unspecified atom stereocenters. The molecule has 1 N–H and O–H groups in total. The van der Waals surface area contributed by atoms with Crippen LogP contribution in [0.4, 0.5) is 4.79 Å². The standard InChI is InChI=1S/C18H25NO4/c1-3-5-9-13-22-17(20)16(19-18(21)23-12-4-2)14-15-10-7-6-8-11-15/h4,6-8,10-11,16H,2-3,5,9,12-14H2,1H3,(H,19,21). The summed E-state index contributed by atoms with van der Waals surface area (Å²) in [7, 11) is 0. The second kappa shape index (κ2) is 11.3. The molecule has 1 aromatic carbocycles. The first-order chi connectivity index (χ1) is 11.2. The number of hydrogen-bond acceptors (Lipinski definition) is 4. The van der Waals surface area contributed by atoms with Crippen molar-refractivity contribution in [2.45, 2.75) is 38.6 Å². The predicted octanol–water partition coefficient (Wildman–Crippen LogP) is 3.24. The Hall–Kier alpha value is -2.30. The van der Waals surface area contributed by atoms with E-state index in [1.807, 2.05) is 30.3 Å². The van der Waals surface area contributed by atoms with E-state index in [1.165, 1.54) is 6.08 Å². The molecule has 1 atom stereocenters. The third kappa shape index (κ3) is 8.04. The predicted molar refractivity (Wildman–Crippen MR) is 89.1 cm³/mol. The van der Waals surface area contributed by atoms with Gasteiger partial charge in [-0.25, -0.2) is 9.59 Å². The molecule has 1 amide bonds. The number of alkyl carbamates (subject to hydrolysis) is 1. The van der Waals surface area contributed by atoms with Crippen molar-refractivity contribution in [2.24, 2.45) is 0 Å². The maximum absolute atomic E-state index is 12.2. The number of carbonyl (C=O) groups excluding carboxylic acids is 2. The molecule has 0 aliphatic carbocycles. The summed E-state index contributed by atoms with van der Waals surface area (Å²) in [4.78, 5) is 23.9. The highest BCUT2D eigenvalue weighted by atomic mass is 16.6. The van der Waals surface area contributed by atoms with Gasteiger partial charge in [-0.3, -0.25) is 0 Å². The maximum atomic E-state index is 12.2. The Kier molecular flexibility index (Phi) is 9.20. The molecular weight excluding hydrogens is 294 g/mol. The highest BCUT2D eigenvalue weighted by molar-refractivity contribution is 5.81.